The molecule has 0 unspecified atom stereocenters. The number of likely N-dealkylation sites (tertiary alicyclic amines) is 1. The minimum absolute atomic E-state index is 0.0622. The van der Waals surface area contributed by atoms with Crippen molar-refractivity contribution >= 4 is 5.91 Å². The molecular weight excluding hydrogens is 342 g/mol. The van der Waals surface area contributed by atoms with E-state index < -0.39 is 0 Å². The molecule has 0 bridgehead atoms. The average molecular weight is 376 g/mol. The molecule has 4 rings (SSSR count). The molecule has 2 aliphatic heterocycles. The summed E-state index contributed by atoms with van der Waals surface area (Å²) in [5, 5.41) is 14.1. The second-order valence-corrected chi connectivity index (χ2v) is 8.38. The standard InChI is InChI=1S/C20H33N5O2/c1-2-25-19-7-8-23(12-17(19)18(13-26)22-25)20(27)9-15-5-6-16(10-21)24(15)11-14-3-4-14/h14-16,26H,2-13,21H2,1H3/t15-,16+/m0/s1. The molecule has 150 valence electrons. The molecule has 0 aromatic carbocycles. The number of nitrogens with zero attached hydrogens (tertiary/aromatic N) is 4. The Kier molecular flexibility index (Phi) is 5.53. The van der Waals surface area contributed by atoms with Crippen LogP contribution in [0.3, 0.4) is 0 Å². The average Bonchev–Trinajstić information content (AvgIpc) is 3.32. The molecule has 1 aromatic rings. The van der Waals surface area contributed by atoms with Gasteiger partial charge in [-0.25, -0.2) is 0 Å². The first kappa shape index (κ1) is 18.9. The Morgan fingerprint density at radius 1 is 1.26 bits per heavy atom. The molecule has 7 heteroatoms. The molecule has 1 aliphatic carbocycles. The summed E-state index contributed by atoms with van der Waals surface area (Å²) < 4.78 is 1.98. The molecule has 0 radical (unpaired) electrons. The first-order chi connectivity index (χ1) is 13.1. The fourth-order valence-corrected chi connectivity index (χ4v) is 4.88. The van der Waals surface area contributed by atoms with Crippen molar-refractivity contribution in [2.24, 2.45) is 11.7 Å². The number of hydrogen-bond donors (Lipinski definition) is 2. The van der Waals surface area contributed by atoms with Gasteiger partial charge < -0.3 is 15.7 Å². The number of nitrogens with two attached hydrogens (primary N) is 1. The molecule has 1 saturated heterocycles. The number of aromatic nitrogens is 2. The largest absolute Gasteiger partial charge is 0.390 e. The number of fused-ring (bicyclic) bond motifs is 1. The summed E-state index contributed by atoms with van der Waals surface area (Å²) in [6, 6.07) is 0.781. The lowest BCUT2D eigenvalue weighted by Crippen LogP contribution is -2.45. The first-order valence-corrected chi connectivity index (χ1v) is 10.6. The topological polar surface area (TPSA) is 87.6 Å². The highest BCUT2D eigenvalue weighted by molar-refractivity contribution is 5.77. The van der Waals surface area contributed by atoms with Gasteiger partial charge in [-0.2, -0.15) is 5.10 Å². The van der Waals surface area contributed by atoms with E-state index in [1.165, 1.54) is 18.5 Å². The van der Waals surface area contributed by atoms with Gasteiger partial charge in [0, 0.05) is 68.9 Å². The van der Waals surface area contributed by atoms with Gasteiger partial charge in [0.1, 0.15) is 0 Å². The third kappa shape index (κ3) is 3.77. The molecule has 3 heterocycles. The van der Waals surface area contributed by atoms with Gasteiger partial charge in [-0.3, -0.25) is 14.4 Å². The molecule has 2 atom stereocenters. The van der Waals surface area contributed by atoms with Gasteiger partial charge in [-0.05, 0) is 38.5 Å². The van der Waals surface area contributed by atoms with Crippen LogP contribution in [0.5, 0.6) is 0 Å². The van der Waals surface area contributed by atoms with Crippen LogP contribution in [0.2, 0.25) is 0 Å². The highest BCUT2D eigenvalue weighted by atomic mass is 16.3. The van der Waals surface area contributed by atoms with Crippen LogP contribution in [0.25, 0.3) is 0 Å². The molecule has 27 heavy (non-hydrogen) atoms. The van der Waals surface area contributed by atoms with Crippen LogP contribution in [0.4, 0.5) is 0 Å². The summed E-state index contributed by atoms with van der Waals surface area (Å²) in [7, 11) is 0. The molecule has 3 N–H and O–H groups in total. The van der Waals surface area contributed by atoms with Gasteiger partial charge in [0.2, 0.25) is 5.91 Å². The van der Waals surface area contributed by atoms with Crippen molar-refractivity contribution in [1.29, 1.82) is 0 Å². The minimum atomic E-state index is -0.0622. The highest BCUT2D eigenvalue weighted by Crippen LogP contribution is 2.35. The van der Waals surface area contributed by atoms with Gasteiger partial charge in [0.05, 0.1) is 12.3 Å². The number of aryl methyl sites for hydroxylation is 1. The van der Waals surface area contributed by atoms with Crippen LogP contribution in [-0.2, 0) is 30.9 Å². The third-order valence-electron chi connectivity index (χ3n) is 6.64. The Morgan fingerprint density at radius 2 is 2.04 bits per heavy atom. The lowest BCUT2D eigenvalue weighted by molar-refractivity contribution is -0.133. The predicted molar refractivity (Wildman–Crippen MR) is 103 cm³/mol. The molecule has 0 spiro atoms. The molecule has 7 nitrogen and oxygen atoms in total. The maximum Gasteiger partial charge on any atom is 0.224 e. The van der Waals surface area contributed by atoms with Crippen molar-refractivity contribution in [1.82, 2.24) is 19.6 Å². The lowest BCUT2D eigenvalue weighted by atomic mass is 10.0. The zero-order valence-corrected chi connectivity index (χ0v) is 16.4. The zero-order valence-electron chi connectivity index (χ0n) is 16.4. The van der Waals surface area contributed by atoms with Crippen LogP contribution < -0.4 is 5.73 Å². The van der Waals surface area contributed by atoms with E-state index in [1.807, 2.05) is 9.58 Å². The predicted octanol–water partition coefficient (Wildman–Crippen LogP) is 0.872. The molecule has 1 aromatic heterocycles. The molecule has 1 amide bonds. The van der Waals surface area contributed by atoms with Crippen molar-refractivity contribution < 1.29 is 9.90 Å². The van der Waals surface area contributed by atoms with Crippen LogP contribution >= 0.6 is 0 Å². The molecule has 3 aliphatic rings. The summed E-state index contributed by atoms with van der Waals surface area (Å²) in [5.74, 6) is 1.05. The van der Waals surface area contributed by atoms with Crippen LogP contribution in [-0.4, -0.2) is 62.3 Å². The van der Waals surface area contributed by atoms with Gasteiger partial charge in [-0.1, -0.05) is 0 Å². The van der Waals surface area contributed by atoms with Gasteiger partial charge in [0.25, 0.3) is 0 Å². The number of hydrogen-bond acceptors (Lipinski definition) is 5. The van der Waals surface area contributed by atoms with Crippen molar-refractivity contribution in [3.63, 3.8) is 0 Å². The Hall–Kier alpha value is -1.44. The maximum atomic E-state index is 13.1. The zero-order chi connectivity index (χ0) is 19.0. The molecule has 2 fully saturated rings. The Balaban J connectivity index is 1.42. The fraction of sp³-hybridized carbons (Fsp3) is 0.800. The Bertz CT molecular complexity index is 684. The number of amides is 1. The van der Waals surface area contributed by atoms with E-state index in [-0.39, 0.29) is 12.5 Å². The van der Waals surface area contributed by atoms with Crippen LogP contribution in [0, 0.1) is 5.92 Å². The Morgan fingerprint density at radius 3 is 2.70 bits per heavy atom. The lowest BCUT2D eigenvalue weighted by Gasteiger charge is -2.32. The second-order valence-electron chi connectivity index (χ2n) is 8.38. The van der Waals surface area contributed by atoms with Crippen molar-refractivity contribution in [2.75, 3.05) is 19.6 Å². The summed E-state index contributed by atoms with van der Waals surface area (Å²) in [6.45, 7) is 5.94. The SMILES string of the molecule is CCn1nc(CO)c2c1CCN(C(=O)C[C@@H]1CC[C@H](CN)N1CC1CC1)C2. The molecule has 1 saturated carbocycles. The number of aliphatic hydroxyl groups excluding tert-OH is 1. The monoisotopic (exact) mass is 375 g/mol. The minimum Gasteiger partial charge on any atom is -0.390 e. The first-order valence-electron chi connectivity index (χ1n) is 10.6. The van der Waals surface area contributed by atoms with Gasteiger partial charge in [0.15, 0.2) is 0 Å². The third-order valence-corrected chi connectivity index (χ3v) is 6.64. The van der Waals surface area contributed by atoms with E-state index in [4.69, 9.17) is 5.73 Å². The van der Waals surface area contributed by atoms with Crippen LogP contribution in [0.1, 0.15) is 56.0 Å². The normalized spacial score (nSPS) is 25.8. The number of aliphatic hydroxyl groups is 1. The fourth-order valence-electron chi connectivity index (χ4n) is 4.88. The summed E-state index contributed by atoms with van der Waals surface area (Å²) >= 11 is 0. The van der Waals surface area contributed by atoms with Gasteiger partial charge in [-0.15, -0.1) is 0 Å². The summed E-state index contributed by atoms with van der Waals surface area (Å²) in [5.41, 5.74) is 8.95. The number of rotatable bonds is 7. The smallest absolute Gasteiger partial charge is 0.224 e. The number of carbonyl (C=O) groups excluding carboxylic acids is 1. The van der Waals surface area contributed by atoms with Crippen molar-refractivity contribution in [3.05, 3.63) is 17.0 Å². The van der Waals surface area contributed by atoms with E-state index in [1.54, 1.807) is 0 Å². The van der Waals surface area contributed by atoms with E-state index in [2.05, 4.69) is 16.9 Å². The van der Waals surface area contributed by atoms with E-state index in [9.17, 15) is 9.90 Å². The number of carbonyl (C=O) groups is 1. The highest BCUT2D eigenvalue weighted by Gasteiger charge is 2.38. The van der Waals surface area contributed by atoms with Crippen molar-refractivity contribution in [3.8, 4) is 0 Å². The summed E-state index contributed by atoms with van der Waals surface area (Å²) in [4.78, 5) is 17.6. The second kappa shape index (κ2) is 7.89. The quantitative estimate of drug-likeness (QED) is 0.738. The molecular formula is C20H33N5O2. The van der Waals surface area contributed by atoms with E-state index in [0.29, 0.717) is 31.6 Å². The van der Waals surface area contributed by atoms with Crippen LogP contribution in [0.15, 0.2) is 0 Å². The van der Waals surface area contributed by atoms with Crippen molar-refractivity contribution in [2.45, 2.75) is 77.2 Å². The Labute approximate surface area is 161 Å². The van der Waals surface area contributed by atoms with Gasteiger partial charge >= 0.3 is 0 Å². The van der Waals surface area contributed by atoms with E-state index >= 15 is 0 Å². The van der Waals surface area contributed by atoms with E-state index in [0.717, 1.165) is 56.1 Å². The summed E-state index contributed by atoms with van der Waals surface area (Å²) in [6.07, 6.45) is 6.26. The maximum absolute atomic E-state index is 13.1.